The van der Waals surface area contributed by atoms with Crippen LogP contribution in [0, 0.1) is 5.92 Å². The van der Waals surface area contributed by atoms with E-state index in [0.29, 0.717) is 19.5 Å². The second-order valence-corrected chi connectivity index (χ2v) is 5.24. The lowest BCUT2D eigenvalue weighted by Gasteiger charge is -2.35. The Balaban J connectivity index is 2.57. The molecule has 7 heteroatoms. The molecule has 1 heterocycles. The van der Waals surface area contributed by atoms with Crippen LogP contribution in [0.4, 0.5) is 4.79 Å². The van der Waals surface area contributed by atoms with Gasteiger partial charge < -0.3 is 20.2 Å². The molecule has 2 N–H and O–H groups in total. The number of urea groups is 1. The molecule has 7 nitrogen and oxygen atoms in total. The van der Waals surface area contributed by atoms with E-state index in [1.165, 1.54) is 9.80 Å². The fraction of sp³-hybridized carbons (Fsp3) is 0.769. The van der Waals surface area contributed by atoms with Gasteiger partial charge in [0.05, 0.1) is 6.54 Å². The number of amides is 3. The van der Waals surface area contributed by atoms with Crippen LogP contribution in [0.15, 0.2) is 0 Å². The van der Waals surface area contributed by atoms with Gasteiger partial charge in [0.15, 0.2) is 0 Å². The van der Waals surface area contributed by atoms with Gasteiger partial charge in [-0.3, -0.25) is 4.79 Å². The molecular formula is C13H23N3O4. The minimum atomic E-state index is -0.997. The normalized spacial score (nSPS) is 22.2. The summed E-state index contributed by atoms with van der Waals surface area (Å²) in [5.41, 5.74) is 0. The van der Waals surface area contributed by atoms with Crippen LogP contribution >= 0.6 is 0 Å². The molecule has 1 aliphatic rings. The zero-order chi connectivity index (χ0) is 15.3. The molecule has 1 rings (SSSR count). The molecule has 0 radical (unpaired) electrons. The van der Waals surface area contributed by atoms with Crippen molar-refractivity contribution in [3.63, 3.8) is 0 Å². The summed E-state index contributed by atoms with van der Waals surface area (Å²) in [6.45, 7) is 4.67. The van der Waals surface area contributed by atoms with E-state index in [9.17, 15) is 19.5 Å². The van der Waals surface area contributed by atoms with Gasteiger partial charge >= 0.3 is 12.0 Å². The summed E-state index contributed by atoms with van der Waals surface area (Å²) in [5.74, 6) is -0.908. The molecule has 2 unspecified atom stereocenters. The predicted octanol–water partition coefficient (Wildman–Crippen LogP) is 0.359. The minimum absolute atomic E-state index is 0.110. The minimum Gasteiger partial charge on any atom is -0.480 e. The van der Waals surface area contributed by atoms with Gasteiger partial charge in [-0.2, -0.15) is 0 Å². The van der Waals surface area contributed by atoms with Gasteiger partial charge in [-0.25, -0.2) is 9.59 Å². The van der Waals surface area contributed by atoms with Crippen molar-refractivity contribution in [2.75, 3.05) is 26.7 Å². The van der Waals surface area contributed by atoms with E-state index in [-0.39, 0.29) is 18.4 Å². The van der Waals surface area contributed by atoms with E-state index < -0.39 is 18.0 Å². The molecule has 2 atom stereocenters. The second-order valence-electron chi connectivity index (χ2n) is 5.24. The van der Waals surface area contributed by atoms with Gasteiger partial charge in [0.2, 0.25) is 5.91 Å². The monoisotopic (exact) mass is 285 g/mol. The lowest BCUT2D eigenvalue weighted by Crippen LogP contribution is -2.54. The quantitative estimate of drug-likeness (QED) is 0.780. The van der Waals surface area contributed by atoms with Crippen molar-refractivity contribution in [1.29, 1.82) is 0 Å². The molecule has 0 saturated carbocycles. The van der Waals surface area contributed by atoms with E-state index in [2.05, 4.69) is 5.32 Å². The van der Waals surface area contributed by atoms with Gasteiger partial charge in [-0.05, 0) is 25.7 Å². The Morgan fingerprint density at radius 1 is 1.40 bits per heavy atom. The summed E-state index contributed by atoms with van der Waals surface area (Å²) < 4.78 is 0. The van der Waals surface area contributed by atoms with E-state index in [1.54, 1.807) is 7.05 Å². The number of piperidine rings is 1. The van der Waals surface area contributed by atoms with Crippen molar-refractivity contribution in [3.8, 4) is 0 Å². The Morgan fingerprint density at radius 2 is 2.05 bits per heavy atom. The molecule has 1 saturated heterocycles. The highest BCUT2D eigenvalue weighted by atomic mass is 16.4. The maximum atomic E-state index is 12.0. The number of nitrogens with zero attached hydrogens (tertiary/aromatic N) is 2. The number of rotatable bonds is 4. The van der Waals surface area contributed by atoms with Gasteiger partial charge in [0, 0.05) is 20.1 Å². The van der Waals surface area contributed by atoms with Crippen LogP contribution < -0.4 is 5.32 Å². The Bertz CT molecular complexity index is 386. The molecule has 0 aromatic rings. The SMILES string of the molecule is CCN(C)C(=O)CNC(=O)N1CCC(C)CC1C(=O)O. The molecular weight excluding hydrogens is 262 g/mol. The number of aliphatic carboxylic acids is 1. The van der Waals surface area contributed by atoms with Crippen molar-refractivity contribution in [2.24, 2.45) is 5.92 Å². The molecule has 0 aromatic carbocycles. The summed E-state index contributed by atoms with van der Waals surface area (Å²) in [7, 11) is 1.65. The second kappa shape index (κ2) is 7.12. The summed E-state index contributed by atoms with van der Waals surface area (Å²) in [5, 5.41) is 11.7. The average molecular weight is 285 g/mol. The first-order valence-electron chi connectivity index (χ1n) is 6.88. The molecule has 0 aliphatic carbocycles. The third-order valence-electron chi connectivity index (χ3n) is 3.70. The van der Waals surface area contributed by atoms with Crippen molar-refractivity contribution >= 4 is 17.9 Å². The number of hydrogen-bond donors (Lipinski definition) is 2. The van der Waals surface area contributed by atoms with Gasteiger partial charge in [-0.1, -0.05) is 6.92 Å². The van der Waals surface area contributed by atoms with E-state index in [4.69, 9.17) is 0 Å². The molecule has 3 amide bonds. The Morgan fingerprint density at radius 3 is 2.60 bits per heavy atom. The fourth-order valence-corrected chi connectivity index (χ4v) is 2.18. The van der Waals surface area contributed by atoms with Crippen LogP contribution in [0.3, 0.4) is 0 Å². The van der Waals surface area contributed by atoms with Crippen LogP contribution in [0.25, 0.3) is 0 Å². The average Bonchev–Trinajstić information content (AvgIpc) is 2.43. The molecule has 1 fully saturated rings. The molecule has 114 valence electrons. The number of carboxylic acids is 1. The zero-order valence-electron chi connectivity index (χ0n) is 12.3. The van der Waals surface area contributed by atoms with E-state index >= 15 is 0 Å². The number of likely N-dealkylation sites (tertiary alicyclic amines) is 1. The predicted molar refractivity (Wildman–Crippen MR) is 73.2 cm³/mol. The molecule has 0 spiro atoms. The van der Waals surface area contributed by atoms with Crippen LogP contribution in [0.5, 0.6) is 0 Å². The maximum Gasteiger partial charge on any atom is 0.326 e. The number of hydrogen-bond acceptors (Lipinski definition) is 3. The van der Waals surface area contributed by atoms with E-state index in [0.717, 1.165) is 6.42 Å². The molecule has 0 aromatic heterocycles. The van der Waals surface area contributed by atoms with Gasteiger partial charge in [-0.15, -0.1) is 0 Å². The van der Waals surface area contributed by atoms with Crippen LogP contribution in [-0.2, 0) is 9.59 Å². The lowest BCUT2D eigenvalue weighted by atomic mass is 9.93. The van der Waals surface area contributed by atoms with E-state index in [1.807, 2.05) is 13.8 Å². The highest BCUT2D eigenvalue weighted by Gasteiger charge is 2.34. The first-order chi connectivity index (χ1) is 9.36. The Hall–Kier alpha value is -1.79. The van der Waals surface area contributed by atoms with Crippen molar-refractivity contribution < 1.29 is 19.5 Å². The number of carbonyl (C=O) groups excluding carboxylic acids is 2. The molecule has 0 bridgehead atoms. The number of carboxylic acid groups (broad SMARTS) is 1. The smallest absolute Gasteiger partial charge is 0.326 e. The topological polar surface area (TPSA) is 90.0 Å². The first kappa shape index (κ1) is 16.3. The van der Waals surface area contributed by atoms with Crippen molar-refractivity contribution in [2.45, 2.75) is 32.7 Å². The highest BCUT2D eigenvalue weighted by molar-refractivity contribution is 5.86. The maximum absolute atomic E-state index is 12.0. The summed E-state index contributed by atoms with van der Waals surface area (Å²) in [6.07, 6.45) is 1.23. The largest absolute Gasteiger partial charge is 0.480 e. The summed E-state index contributed by atoms with van der Waals surface area (Å²) >= 11 is 0. The third kappa shape index (κ3) is 4.11. The zero-order valence-corrected chi connectivity index (χ0v) is 12.3. The standard InChI is InChI=1S/C13H23N3O4/c1-4-15(3)11(17)8-14-13(20)16-6-5-9(2)7-10(16)12(18)19/h9-10H,4-8H2,1-3H3,(H,14,20)(H,18,19). The highest BCUT2D eigenvalue weighted by Crippen LogP contribution is 2.22. The van der Waals surface area contributed by atoms with Crippen LogP contribution in [-0.4, -0.2) is 65.5 Å². The Kier molecular flexibility index (Phi) is 5.79. The first-order valence-corrected chi connectivity index (χ1v) is 6.88. The fourth-order valence-electron chi connectivity index (χ4n) is 2.18. The Labute approximate surface area is 118 Å². The number of nitrogens with one attached hydrogen (secondary N) is 1. The van der Waals surface area contributed by atoms with Gasteiger partial charge in [0.1, 0.15) is 6.04 Å². The number of likely N-dealkylation sites (N-methyl/N-ethyl adjacent to an activating group) is 1. The van der Waals surface area contributed by atoms with Crippen LogP contribution in [0.1, 0.15) is 26.7 Å². The van der Waals surface area contributed by atoms with Crippen molar-refractivity contribution in [1.82, 2.24) is 15.1 Å². The molecule has 20 heavy (non-hydrogen) atoms. The molecule has 1 aliphatic heterocycles. The summed E-state index contributed by atoms with van der Waals surface area (Å²) in [6, 6.07) is -1.29. The van der Waals surface area contributed by atoms with Crippen LogP contribution in [0.2, 0.25) is 0 Å². The number of carbonyl (C=O) groups is 3. The lowest BCUT2D eigenvalue weighted by molar-refractivity contribution is -0.143. The van der Waals surface area contributed by atoms with Gasteiger partial charge in [0.25, 0.3) is 0 Å². The third-order valence-corrected chi connectivity index (χ3v) is 3.70. The summed E-state index contributed by atoms with van der Waals surface area (Å²) in [4.78, 5) is 37.6. The van der Waals surface area contributed by atoms with Crippen molar-refractivity contribution in [3.05, 3.63) is 0 Å².